The Kier molecular flexibility index (Phi) is 13.2. The van der Waals surface area contributed by atoms with Crippen LogP contribution in [0, 0.1) is 28.6 Å². The summed E-state index contributed by atoms with van der Waals surface area (Å²) in [4.78, 5) is 81.5. The van der Waals surface area contributed by atoms with E-state index >= 15 is 0 Å². The van der Waals surface area contributed by atoms with Gasteiger partial charge in [0.05, 0.1) is 18.6 Å². The summed E-state index contributed by atoms with van der Waals surface area (Å²) in [6, 6.07) is -4.04. The molecule has 2 saturated carbocycles. The van der Waals surface area contributed by atoms with Crippen LogP contribution in [0.1, 0.15) is 113 Å². The quantitative estimate of drug-likeness (QED) is 0.165. The van der Waals surface area contributed by atoms with E-state index < -0.39 is 64.2 Å². The predicted octanol–water partition coefficient (Wildman–Crippen LogP) is 3.09. The highest BCUT2D eigenvalue weighted by Crippen LogP contribution is 2.35. The molecule has 2 heterocycles. The smallest absolute Gasteiger partial charge is 0.315 e. The molecule has 0 spiro atoms. The van der Waals surface area contributed by atoms with Gasteiger partial charge in [0.1, 0.15) is 23.1 Å². The molecule has 0 radical (unpaired) electrons. The lowest BCUT2D eigenvalue weighted by atomic mass is 9.83. The highest BCUT2D eigenvalue weighted by molar-refractivity contribution is 7.83. The van der Waals surface area contributed by atoms with E-state index in [1.165, 1.54) is 9.21 Å². The molecule has 51 heavy (non-hydrogen) atoms. The number of primary amides is 1. The van der Waals surface area contributed by atoms with Crippen molar-refractivity contribution in [3.8, 4) is 0 Å². The molecule has 0 bridgehead atoms. The number of allylic oxidation sites excluding steroid dienone is 1. The first-order chi connectivity index (χ1) is 23.8. The molecular weight excluding hydrogens is 673 g/mol. The molecule has 2 aliphatic heterocycles. The van der Waals surface area contributed by atoms with Crippen molar-refractivity contribution in [2.45, 2.75) is 137 Å². The van der Waals surface area contributed by atoms with Crippen LogP contribution in [-0.4, -0.2) is 91.9 Å². The predicted molar refractivity (Wildman–Crippen MR) is 195 cm³/mol. The van der Waals surface area contributed by atoms with Crippen molar-refractivity contribution in [2.75, 3.05) is 18.8 Å². The first-order valence-electron chi connectivity index (χ1n) is 18.6. The third-order valence-electron chi connectivity index (χ3n) is 10.7. The first-order valence-corrected chi connectivity index (χ1v) is 19.9. The summed E-state index contributed by atoms with van der Waals surface area (Å²) < 4.78 is 14.5. The minimum absolute atomic E-state index is 0.0608. The molecule has 5 N–H and O–H groups in total. The lowest BCUT2D eigenvalue weighted by molar-refractivity contribution is -0.143. The van der Waals surface area contributed by atoms with E-state index in [0.29, 0.717) is 18.6 Å². The van der Waals surface area contributed by atoms with Gasteiger partial charge in [-0.3, -0.25) is 28.3 Å². The lowest BCUT2D eigenvalue weighted by Crippen LogP contribution is -2.61. The molecule has 6 amide bonds. The normalized spacial score (nSPS) is 25.7. The summed E-state index contributed by atoms with van der Waals surface area (Å²) in [7, 11) is -1.54. The summed E-state index contributed by atoms with van der Waals surface area (Å²) in [5.74, 6) is -2.78. The summed E-state index contributed by atoms with van der Waals surface area (Å²) in [5.41, 5.74) is 5.47. The van der Waals surface area contributed by atoms with E-state index in [2.05, 4.69) is 16.0 Å². The molecule has 0 aromatic heterocycles. The van der Waals surface area contributed by atoms with Crippen LogP contribution in [0.15, 0.2) is 11.6 Å². The number of hydrogen-bond acceptors (Lipinski definition) is 7. The van der Waals surface area contributed by atoms with Gasteiger partial charge in [-0.15, -0.1) is 0 Å². The molecule has 14 heteroatoms. The molecule has 2 aliphatic carbocycles. The minimum atomic E-state index is -1.54. The maximum absolute atomic E-state index is 14.6. The molecule has 6 atom stereocenters. The SMILES string of the molecule is CC(C)=CC1C[C@@H](C(=O)NC(CC2CC2)C(=O)C(N)=O)N(C(=O)[C@@H](NC(=O)N[C@H](CN2C(=O)CC(C)(C)CS2=O)C(C)(C)C)C2CCCCC2)C1. The zero-order chi connectivity index (χ0) is 37.8. The number of carbonyl (C=O) groups excluding carboxylic acids is 6. The Labute approximate surface area is 305 Å². The van der Waals surface area contributed by atoms with Gasteiger partial charge in [0.2, 0.25) is 23.5 Å². The second kappa shape index (κ2) is 16.6. The monoisotopic (exact) mass is 732 g/mol. The number of amides is 6. The van der Waals surface area contributed by atoms with Crippen LogP contribution in [0.3, 0.4) is 0 Å². The van der Waals surface area contributed by atoms with E-state index in [0.717, 1.165) is 50.5 Å². The molecule has 0 aromatic carbocycles. The number of nitrogens with two attached hydrogens (primary N) is 1. The zero-order valence-corrected chi connectivity index (χ0v) is 32.4. The first kappa shape index (κ1) is 40.5. The molecular formula is C37H60N6O7S. The van der Waals surface area contributed by atoms with Crippen LogP contribution >= 0.6 is 0 Å². The largest absolute Gasteiger partial charge is 0.363 e. The average Bonchev–Trinajstić information content (AvgIpc) is 3.75. The standard InChI is InChI=1S/C37H60N6O7S/c1-22(2)15-24-17-27(33(47)39-26(16-23-13-14-23)31(45)32(38)46)42(19-24)34(48)30(25-11-9-8-10-12-25)41-35(49)40-28(36(3,4)5)20-43-29(44)18-37(6,7)21-51(43)50/h15,23-28,30H,8-14,16-21H2,1-7H3,(H2,38,46)(H,39,47)(H2,40,41,49)/t24?,26?,27-,28+,30-,51?/m0/s1. The van der Waals surface area contributed by atoms with Crippen molar-refractivity contribution in [2.24, 2.45) is 34.3 Å². The van der Waals surface area contributed by atoms with Crippen LogP contribution < -0.4 is 21.7 Å². The van der Waals surface area contributed by atoms with Gasteiger partial charge >= 0.3 is 6.03 Å². The van der Waals surface area contributed by atoms with Crippen molar-refractivity contribution < 1.29 is 33.0 Å². The maximum Gasteiger partial charge on any atom is 0.315 e. The zero-order valence-electron chi connectivity index (χ0n) is 31.5. The van der Waals surface area contributed by atoms with Crippen LogP contribution in [0.4, 0.5) is 4.79 Å². The highest BCUT2D eigenvalue weighted by atomic mass is 32.2. The molecule has 4 aliphatic rings. The van der Waals surface area contributed by atoms with Crippen molar-refractivity contribution in [1.82, 2.24) is 25.2 Å². The number of urea groups is 1. The third-order valence-corrected chi connectivity index (χ3v) is 12.5. The summed E-state index contributed by atoms with van der Waals surface area (Å²) >= 11 is 0. The Morgan fingerprint density at radius 3 is 2.20 bits per heavy atom. The number of hydrogen-bond donors (Lipinski definition) is 4. The van der Waals surface area contributed by atoms with Gasteiger partial charge in [-0.2, -0.15) is 0 Å². The summed E-state index contributed by atoms with van der Waals surface area (Å²) in [6.45, 7) is 13.8. The molecule has 4 fully saturated rings. The van der Waals surface area contributed by atoms with E-state index in [1.807, 2.05) is 54.5 Å². The molecule has 2 saturated heterocycles. The van der Waals surface area contributed by atoms with Gasteiger partial charge in [0.15, 0.2) is 0 Å². The van der Waals surface area contributed by atoms with Gasteiger partial charge in [-0.25, -0.2) is 9.00 Å². The van der Waals surface area contributed by atoms with Crippen molar-refractivity contribution >= 4 is 46.4 Å². The van der Waals surface area contributed by atoms with Gasteiger partial charge < -0.3 is 26.6 Å². The van der Waals surface area contributed by atoms with E-state index in [9.17, 15) is 33.0 Å². The number of likely N-dealkylation sites (tertiary alicyclic amines) is 1. The fourth-order valence-electron chi connectivity index (χ4n) is 7.64. The number of nitrogens with one attached hydrogen (secondary N) is 3. The second-order valence-corrected chi connectivity index (χ2v) is 18.8. The molecule has 4 rings (SSSR count). The molecule has 13 nitrogen and oxygen atoms in total. The minimum Gasteiger partial charge on any atom is -0.363 e. The number of Topliss-reactive ketones (excluding diaryl/α,β-unsaturated/α-hetero) is 1. The Bertz CT molecular complexity index is 1390. The summed E-state index contributed by atoms with van der Waals surface area (Å²) in [6.07, 6.45) is 9.06. The fraction of sp³-hybridized carbons (Fsp3) is 0.784. The van der Waals surface area contributed by atoms with Crippen LogP contribution in [-0.2, 0) is 35.0 Å². The van der Waals surface area contributed by atoms with E-state index in [4.69, 9.17) is 5.73 Å². The number of nitrogens with zero attached hydrogens (tertiary/aromatic N) is 2. The highest BCUT2D eigenvalue weighted by Gasteiger charge is 2.46. The summed E-state index contributed by atoms with van der Waals surface area (Å²) in [5, 5.41) is 8.75. The van der Waals surface area contributed by atoms with Crippen molar-refractivity contribution in [3.05, 3.63) is 11.6 Å². The van der Waals surface area contributed by atoms with Crippen molar-refractivity contribution in [3.63, 3.8) is 0 Å². The second-order valence-electron chi connectivity index (χ2n) is 17.4. The van der Waals surface area contributed by atoms with Crippen LogP contribution in [0.5, 0.6) is 0 Å². The molecule has 286 valence electrons. The topological polar surface area (TPSA) is 188 Å². The van der Waals surface area contributed by atoms with Crippen molar-refractivity contribution in [1.29, 1.82) is 0 Å². The number of carbonyl (C=O) groups is 6. The van der Waals surface area contributed by atoms with Gasteiger partial charge in [0.25, 0.3) is 5.91 Å². The van der Waals surface area contributed by atoms with E-state index in [1.54, 1.807) is 0 Å². The fourth-order valence-corrected chi connectivity index (χ4v) is 9.17. The van der Waals surface area contributed by atoms with Crippen LogP contribution in [0.25, 0.3) is 0 Å². The Hall–Kier alpha value is -3.29. The van der Waals surface area contributed by atoms with Gasteiger partial charge in [-0.05, 0) is 68.1 Å². The maximum atomic E-state index is 14.6. The molecule has 3 unspecified atom stereocenters. The van der Waals surface area contributed by atoms with Gasteiger partial charge in [0, 0.05) is 18.7 Å². The van der Waals surface area contributed by atoms with Crippen LogP contribution in [0.2, 0.25) is 0 Å². The Balaban J connectivity index is 1.56. The van der Waals surface area contributed by atoms with E-state index in [-0.39, 0.29) is 54.5 Å². The average molecular weight is 733 g/mol. The number of ketones is 1. The van der Waals surface area contributed by atoms with Gasteiger partial charge in [-0.1, -0.05) is 78.4 Å². The lowest BCUT2D eigenvalue weighted by Gasteiger charge is -2.40. The third kappa shape index (κ3) is 11.1. The Morgan fingerprint density at radius 2 is 1.65 bits per heavy atom. The molecule has 0 aromatic rings. The Morgan fingerprint density at radius 1 is 1.00 bits per heavy atom. The number of rotatable bonds is 13.